The highest BCUT2D eigenvalue weighted by Gasteiger charge is 2.29. The normalized spacial score (nSPS) is 13.8. The molecule has 0 aliphatic carbocycles. The third-order valence-electron chi connectivity index (χ3n) is 2.74. The van der Waals surface area contributed by atoms with E-state index in [1.54, 1.807) is 0 Å². The zero-order valence-corrected chi connectivity index (χ0v) is 14.2. The molecule has 23 heavy (non-hydrogen) atoms. The number of hydrogen-bond acceptors (Lipinski definition) is 5. The molecule has 0 saturated heterocycles. The van der Waals surface area contributed by atoms with E-state index in [9.17, 15) is 26.0 Å². The van der Waals surface area contributed by atoms with Gasteiger partial charge in [-0.25, -0.2) is 21.2 Å². The largest absolute Gasteiger partial charge is 0.480 e. The summed E-state index contributed by atoms with van der Waals surface area (Å²) < 4.78 is 64.2. The van der Waals surface area contributed by atoms with E-state index in [0.717, 1.165) is 18.4 Å². The second-order valence-corrected chi connectivity index (χ2v) is 8.63. The number of benzene rings is 1. The minimum atomic E-state index is -4.42. The first-order valence-corrected chi connectivity index (χ1v) is 9.73. The zero-order valence-electron chi connectivity index (χ0n) is 12.6. The van der Waals surface area contributed by atoms with Crippen LogP contribution in [-0.4, -0.2) is 40.2 Å². The highest BCUT2D eigenvalue weighted by molar-refractivity contribution is 7.92. The summed E-state index contributed by atoms with van der Waals surface area (Å²) in [6, 6.07) is 1.18. The lowest BCUT2D eigenvalue weighted by atomic mass is 10.1. The van der Waals surface area contributed by atoms with Gasteiger partial charge < -0.3 is 5.11 Å². The molecule has 1 aromatic rings. The maximum atomic E-state index is 14.0. The SMILES string of the molecule is CC(C)C(NS(=O)(=O)c1ccc(NS(C)(=O)=O)cc1F)C(=O)O. The van der Waals surface area contributed by atoms with Crippen molar-refractivity contribution in [3.8, 4) is 0 Å². The maximum absolute atomic E-state index is 14.0. The van der Waals surface area contributed by atoms with E-state index in [-0.39, 0.29) is 5.69 Å². The fourth-order valence-electron chi connectivity index (χ4n) is 1.70. The molecule has 0 aliphatic heterocycles. The van der Waals surface area contributed by atoms with E-state index in [1.165, 1.54) is 13.8 Å². The van der Waals surface area contributed by atoms with Gasteiger partial charge in [0.25, 0.3) is 0 Å². The van der Waals surface area contributed by atoms with Gasteiger partial charge in [-0.15, -0.1) is 0 Å². The monoisotopic (exact) mass is 368 g/mol. The quantitative estimate of drug-likeness (QED) is 0.646. The second kappa shape index (κ2) is 6.81. The molecule has 1 atom stereocenters. The standard InChI is InChI=1S/C12H17FN2O6S2/c1-7(2)11(12(16)17)15-23(20,21)10-5-4-8(6-9(10)13)14-22(3,18)19/h4-7,11,14-15H,1-3H3,(H,16,17). The molecule has 1 aromatic carbocycles. The molecule has 1 rings (SSSR count). The van der Waals surface area contributed by atoms with E-state index in [4.69, 9.17) is 5.11 Å². The number of hydrogen-bond donors (Lipinski definition) is 3. The third-order valence-corrected chi connectivity index (χ3v) is 4.82. The van der Waals surface area contributed by atoms with Gasteiger partial charge in [0, 0.05) is 0 Å². The molecule has 3 N–H and O–H groups in total. The Morgan fingerprint density at radius 1 is 1.22 bits per heavy atom. The van der Waals surface area contributed by atoms with Crippen molar-refractivity contribution in [2.24, 2.45) is 5.92 Å². The molecule has 8 nitrogen and oxygen atoms in total. The Bertz CT molecular complexity index is 805. The molecule has 0 amide bonds. The Morgan fingerprint density at radius 2 is 1.78 bits per heavy atom. The average Bonchev–Trinajstić information content (AvgIpc) is 2.33. The Kier molecular flexibility index (Phi) is 5.72. The maximum Gasteiger partial charge on any atom is 0.322 e. The van der Waals surface area contributed by atoms with Crippen molar-refractivity contribution >= 4 is 31.7 Å². The minimum absolute atomic E-state index is 0.150. The first kappa shape index (κ1) is 19.3. The average molecular weight is 368 g/mol. The van der Waals surface area contributed by atoms with E-state index >= 15 is 0 Å². The van der Waals surface area contributed by atoms with E-state index in [1.807, 2.05) is 9.44 Å². The molecule has 130 valence electrons. The topological polar surface area (TPSA) is 130 Å². The molecule has 0 bridgehead atoms. The Labute approximate surface area is 133 Å². The molecule has 0 spiro atoms. The summed E-state index contributed by atoms with van der Waals surface area (Å²) in [4.78, 5) is 10.3. The molecule has 0 aliphatic rings. The highest BCUT2D eigenvalue weighted by atomic mass is 32.2. The van der Waals surface area contributed by atoms with Crippen molar-refractivity contribution in [1.29, 1.82) is 0 Å². The van der Waals surface area contributed by atoms with E-state index in [0.29, 0.717) is 6.07 Å². The number of nitrogens with one attached hydrogen (secondary N) is 2. The Morgan fingerprint density at radius 3 is 2.17 bits per heavy atom. The number of carboxylic acid groups (broad SMARTS) is 1. The van der Waals surface area contributed by atoms with Crippen molar-refractivity contribution in [3.05, 3.63) is 24.0 Å². The van der Waals surface area contributed by atoms with Gasteiger partial charge >= 0.3 is 5.97 Å². The Hall–Kier alpha value is -1.72. The molecule has 0 saturated carbocycles. The lowest BCUT2D eigenvalue weighted by molar-refractivity contribution is -0.140. The van der Waals surface area contributed by atoms with Crippen LogP contribution in [0.3, 0.4) is 0 Å². The number of carboxylic acids is 1. The molecule has 0 heterocycles. The molecule has 0 radical (unpaired) electrons. The van der Waals surface area contributed by atoms with Crippen molar-refractivity contribution in [1.82, 2.24) is 4.72 Å². The van der Waals surface area contributed by atoms with Crippen LogP contribution in [-0.2, 0) is 24.8 Å². The summed E-state index contributed by atoms with van der Waals surface area (Å²) in [5.41, 5.74) is -0.150. The highest BCUT2D eigenvalue weighted by Crippen LogP contribution is 2.20. The number of sulfonamides is 2. The number of anilines is 1. The predicted octanol–water partition coefficient (Wildman–Crippen LogP) is 0.585. The number of rotatable bonds is 7. The lowest BCUT2D eigenvalue weighted by Gasteiger charge is -2.18. The van der Waals surface area contributed by atoms with Crippen LogP contribution >= 0.6 is 0 Å². The lowest BCUT2D eigenvalue weighted by Crippen LogP contribution is -2.44. The summed E-state index contributed by atoms with van der Waals surface area (Å²) in [5, 5.41) is 9.00. The van der Waals surface area contributed by atoms with Crippen LogP contribution in [0.1, 0.15) is 13.8 Å². The van der Waals surface area contributed by atoms with Gasteiger partial charge in [0.2, 0.25) is 20.0 Å². The molecular weight excluding hydrogens is 351 g/mol. The van der Waals surface area contributed by atoms with Gasteiger partial charge in [0.05, 0.1) is 11.9 Å². The van der Waals surface area contributed by atoms with Gasteiger partial charge in [0.1, 0.15) is 16.8 Å². The van der Waals surface area contributed by atoms with Crippen molar-refractivity contribution in [2.45, 2.75) is 24.8 Å². The van der Waals surface area contributed by atoms with Gasteiger partial charge in [0.15, 0.2) is 0 Å². The van der Waals surface area contributed by atoms with Gasteiger partial charge in [-0.2, -0.15) is 4.72 Å². The third kappa shape index (κ3) is 5.44. The number of halogens is 1. The van der Waals surface area contributed by atoms with Gasteiger partial charge in [-0.3, -0.25) is 9.52 Å². The van der Waals surface area contributed by atoms with Crippen LogP contribution in [0.2, 0.25) is 0 Å². The van der Waals surface area contributed by atoms with Crippen LogP contribution in [0.25, 0.3) is 0 Å². The first-order valence-electron chi connectivity index (χ1n) is 6.36. The number of carbonyl (C=O) groups is 1. The van der Waals surface area contributed by atoms with E-state index < -0.39 is 48.7 Å². The summed E-state index contributed by atoms with van der Waals surface area (Å²) >= 11 is 0. The molecule has 0 fully saturated rings. The summed E-state index contributed by atoms with van der Waals surface area (Å²) in [6.07, 6.45) is 0.858. The summed E-state index contributed by atoms with van der Waals surface area (Å²) in [7, 11) is -8.07. The van der Waals surface area contributed by atoms with Crippen LogP contribution < -0.4 is 9.44 Å². The smallest absolute Gasteiger partial charge is 0.322 e. The molecule has 0 aromatic heterocycles. The van der Waals surface area contributed by atoms with Crippen molar-refractivity contribution in [3.63, 3.8) is 0 Å². The molecular formula is C12H17FN2O6S2. The van der Waals surface area contributed by atoms with Crippen molar-refractivity contribution in [2.75, 3.05) is 11.0 Å². The zero-order chi connectivity index (χ0) is 18.0. The van der Waals surface area contributed by atoms with E-state index in [2.05, 4.69) is 0 Å². The summed E-state index contributed by atoms with van der Waals surface area (Å²) in [5.74, 6) is -3.16. The summed E-state index contributed by atoms with van der Waals surface area (Å²) in [6.45, 7) is 2.99. The molecule has 1 unspecified atom stereocenters. The van der Waals surface area contributed by atoms with Gasteiger partial charge in [-0.1, -0.05) is 13.8 Å². The van der Waals surface area contributed by atoms with Crippen LogP contribution in [0.15, 0.2) is 23.1 Å². The predicted molar refractivity (Wildman–Crippen MR) is 81.4 cm³/mol. The van der Waals surface area contributed by atoms with Crippen LogP contribution in [0.4, 0.5) is 10.1 Å². The first-order chi connectivity index (χ1) is 10.3. The van der Waals surface area contributed by atoms with Gasteiger partial charge in [-0.05, 0) is 24.1 Å². The second-order valence-electron chi connectivity index (χ2n) is 5.20. The minimum Gasteiger partial charge on any atom is -0.480 e. The van der Waals surface area contributed by atoms with Crippen molar-refractivity contribution < 1.29 is 31.1 Å². The van der Waals surface area contributed by atoms with Crippen LogP contribution in [0, 0.1) is 11.7 Å². The van der Waals surface area contributed by atoms with Crippen LogP contribution in [0.5, 0.6) is 0 Å². The fourth-order valence-corrected chi connectivity index (χ4v) is 3.65. The number of aliphatic carboxylic acids is 1. The molecule has 11 heteroatoms. The fraction of sp³-hybridized carbons (Fsp3) is 0.417. The Balaban J connectivity index is 3.17.